The van der Waals surface area contributed by atoms with Crippen LogP contribution in [0.4, 0.5) is 5.82 Å². The lowest BCUT2D eigenvalue weighted by atomic mass is 10.3. The van der Waals surface area contributed by atoms with Gasteiger partial charge in [0.25, 0.3) is 0 Å². The van der Waals surface area contributed by atoms with Crippen LogP contribution in [0.25, 0.3) is 0 Å². The highest BCUT2D eigenvalue weighted by Gasteiger charge is 1.95. The Labute approximate surface area is 91.9 Å². The standard InChI is InChI=1S/C12H20N2O/c1-10(2)15-8-4-6-13-12-9-11(3)5-7-14-12/h5,7,9-10H,4,6,8H2,1-3H3,(H,13,14). The zero-order chi connectivity index (χ0) is 11.1. The third-order valence-electron chi connectivity index (χ3n) is 1.99. The highest BCUT2D eigenvalue weighted by Crippen LogP contribution is 2.04. The summed E-state index contributed by atoms with van der Waals surface area (Å²) in [5.41, 5.74) is 1.23. The average molecular weight is 208 g/mol. The first-order valence-corrected chi connectivity index (χ1v) is 5.46. The fourth-order valence-corrected chi connectivity index (χ4v) is 1.24. The number of aryl methyl sites for hydroxylation is 1. The second kappa shape index (κ2) is 6.40. The van der Waals surface area contributed by atoms with Gasteiger partial charge in [0.1, 0.15) is 5.82 Å². The van der Waals surface area contributed by atoms with E-state index in [0.29, 0.717) is 6.10 Å². The Kier molecular flexibility index (Phi) is 5.12. The molecule has 0 aromatic carbocycles. The number of ether oxygens (including phenoxy) is 1. The minimum atomic E-state index is 0.321. The van der Waals surface area contributed by atoms with Crippen molar-refractivity contribution in [1.29, 1.82) is 0 Å². The molecule has 0 unspecified atom stereocenters. The molecule has 0 saturated carbocycles. The maximum Gasteiger partial charge on any atom is 0.126 e. The van der Waals surface area contributed by atoms with Gasteiger partial charge in [-0.3, -0.25) is 0 Å². The summed E-state index contributed by atoms with van der Waals surface area (Å²) in [5, 5.41) is 3.27. The van der Waals surface area contributed by atoms with Gasteiger partial charge in [0.05, 0.1) is 6.10 Å². The summed E-state index contributed by atoms with van der Waals surface area (Å²) >= 11 is 0. The number of aromatic nitrogens is 1. The first-order chi connectivity index (χ1) is 7.18. The van der Waals surface area contributed by atoms with Crippen LogP contribution in [0.1, 0.15) is 25.8 Å². The van der Waals surface area contributed by atoms with Crippen LogP contribution in [0.2, 0.25) is 0 Å². The number of hydrogen-bond acceptors (Lipinski definition) is 3. The fraction of sp³-hybridized carbons (Fsp3) is 0.583. The number of anilines is 1. The van der Waals surface area contributed by atoms with Crippen molar-refractivity contribution >= 4 is 5.82 Å². The molecule has 0 atom stereocenters. The molecule has 1 aromatic rings. The van der Waals surface area contributed by atoms with E-state index >= 15 is 0 Å². The Balaban J connectivity index is 2.15. The van der Waals surface area contributed by atoms with Crippen molar-refractivity contribution in [3.8, 4) is 0 Å². The molecule has 0 spiro atoms. The van der Waals surface area contributed by atoms with E-state index < -0.39 is 0 Å². The maximum absolute atomic E-state index is 5.44. The van der Waals surface area contributed by atoms with Crippen molar-refractivity contribution in [2.75, 3.05) is 18.5 Å². The van der Waals surface area contributed by atoms with Gasteiger partial charge in [0.2, 0.25) is 0 Å². The summed E-state index contributed by atoms with van der Waals surface area (Å²) in [6.07, 6.45) is 3.15. The van der Waals surface area contributed by atoms with Crippen molar-refractivity contribution in [1.82, 2.24) is 4.98 Å². The van der Waals surface area contributed by atoms with Gasteiger partial charge in [-0.2, -0.15) is 0 Å². The summed E-state index contributed by atoms with van der Waals surface area (Å²) in [7, 11) is 0. The van der Waals surface area contributed by atoms with Crippen LogP contribution in [0.5, 0.6) is 0 Å². The number of hydrogen-bond donors (Lipinski definition) is 1. The normalized spacial score (nSPS) is 10.7. The molecular weight excluding hydrogens is 188 g/mol. The Morgan fingerprint density at radius 2 is 2.27 bits per heavy atom. The molecule has 15 heavy (non-hydrogen) atoms. The Hall–Kier alpha value is -1.09. The molecule has 0 aliphatic carbocycles. The van der Waals surface area contributed by atoms with Crippen LogP contribution in [0.3, 0.4) is 0 Å². The van der Waals surface area contributed by atoms with Crippen molar-refractivity contribution in [3.05, 3.63) is 23.9 Å². The van der Waals surface area contributed by atoms with Crippen LogP contribution in [0, 0.1) is 6.92 Å². The molecule has 0 aliphatic rings. The minimum Gasteiger partial charge on any atom is -0.379 e. The van der Waals surface area contributed by atoms with Crippen molar-refractivity contribution in [2.24, 2.45) is 0 Å². The van der Waals surface area contributed by atoms with Gasteiger partial charge in [-0.05, 0) is 44.9 Å². The van der Waals surface area contributed by atoms with Gasteiger partial charge in [-0.1, -0.05) is 0 Å². The van der Waals surface area contributed by atoms with Gasteiger partial charge in [-0.15, -0.1) is 0 Å². The number of rotatable bonds is 6. The van der Waals surface area contributed by atoms with E-state index in [-0.39, 0.29) is 0 Å². The largest absolute Gasteiger partial charge is 0.379 e. The van der Waals surface area contributed by atoms with E-state index in [9.17, 15) is 0 Å². The van der Waals surface area contributed by atoms with Gasteiger partial charge in [0, 0.05) is 19.3 Å². The summed E-state index contributed by atoms with van der Waals surface area (Å²) in [4.78, 5) is 4.22. The fourth-order valence-electron chi connectivity index (χ4n) is 1.24. The van der Waals surface area contributed by atoms with E-state index in [1.807, 2.05) is 18.3 Å². The molecule has 1 N–H and O–H groups in total. The second-order valence-electron chi connectivity index (χ2n) is 3.92. The molecule has 1 rings (SSSR count). The highest BCUT2D eigenvalue weighted by atomic mass is 16.5. The number of pyridine rings is 1. The molecule has 84 valence electrons. The van der Waals surface area contributed by atoms with Crippen LogP contribution >= 0.6 is 0 Å². The van der Waals surface area contributed by atoms with Crippen LogP contribution in [-0.4, -0.2) is 24.2 Å². The Morgan fingerprint density at radius 1 is 1.47 bits per heavy atom. The van der Waals surface area contributed by atoms with Crippen LogP contribution < -0.4 is 5.32 Å². The monoisotopic (exact) mass is 208 g/mol. The van der Waals surface area contributed by atoms with E-state index in [1.165, 1.54) is 5.56 Å². The first kappa shape index (κ1) is 12.0. The molecule has 1 aromatic heterocycles. The topological polar surface area (TPSA) is 34.2 Å². The van der Waals surface area contributed by atoms with Crippen LogP contribution in [-0.2, 0) is 4.74 Å². The third-order valence-corrected chi connectivity index (χ3v) is 1.99. The number of nitrogens with one attached hydrogen (secondary N) is 1. The minimum absolute atomic E-state index is 0.321. The lowest BCUT2D eigenvalue weighted by Crippen LogP contribution is -2.09. The molecule has 0 aliphatic heterocycles. The maximum atomic E-state index is 5.44. The predicted octanol–water partition coefficient (Wildman–Crippen LogP) is 2.62. The highest BCUT2D eigenvalue weighted by molar-refractivity contribution is 5.36. The molecule has 0 saturated heterocycles. The molecule has 3 heteroatoms. The lowest BCUT2D eigenvalue weighted by Gasteiger charge is -2.08. The van der Waals surface area contributed by atoms with E-state index in [4.69, 9.17) is 4.74 Å². The second-order valence-corrected chi connectivity index (χ2v) is 3.92. The van der Waals surface area contributed by atoms with Crippen molar-refractivity contribution in [2.45, 2.75) is 33.3 Å². The van der Waals surface area contributed by atoms with E-state index in [1.54, 1.807) is 0 Å². The summed E-state index contributed by atoms with van der Waals surface area (Å²) in [6, 6.07) is 4.04. The summed E-state index contributed by atoms with van der Waals surface area (Å²) < 4.78 is 5.44. The first-order valence-electron chi connectivity index (χ1n) is 5.46. The quantitative estimate of drug-likeness (QED) is 0.730. The Morgan fingerprint density at radius 3 is 2.93 bits per heavy atom. The molecular formula is C12H20N2O. The average Bonchev–Trinajstić information content (AvgIpc) is 2.17. The van der Waals surface area contributed by atoms with Crippen LogP contribution in [0.15, 0.2) is 18.3 Å². The third kappa shape index (κ3) is 5.37. The Bertz CT molecular complexity index is 287. The van der Waals surface area contributed by atoms with Crippen molar-refractivity contribution in [3.63, 3.8) is 0 Å². The van der Waals surface area contributed by atoms with Gasteiger partial charge >= 0.3 is 0 Å². The van der Waals surface area contributed by atoms with E-state index in [2.05, 4.69) is 31.1 Å². The molecule has 0 radical (unpaired) electrons. The van der Waals surface area contributed by atoms with E-state index in [0.717, 1.165) is 25.4 Å². The lowest BCUT2D eigenvalue weighted by molar-refractivity contribution is 0.0787. The molecule has 0 amide bonds. The zero-order valence-electron chi connectivity index (χ0n) is 9.79. The number of nitrogens with zero attached hydrogens (tertiary/aromatic N) is 1. The van der Waals surface area contributed by atoms with Crippen molar-refractivity contribution < 1.29 is 4.74 Å². The summed E-state index contributed by atoms with van der Waals surface area (Å²) in [5.74, 6) is 0.944. The molecule has 1 heterocycles. The zero-order valence-corrected chi connectivity index (χ0v) is 9.79. The molecule has 3 nitrogen and oxygen atoms in total. The molecule has 0 fully saturated rings. The summed E-state index contributed by atoms with van der Waals surface area (Å²) in [6.45, 7) is 7.87. The smallest absolute Gasteiger partial charge is 0.126 e. The SMILES string of the molecule is Cc1ccnc(NCCCOC(C)C)c1. The van der Waals surface area contributed by atoms with Gasteiger partial charge in [-0.25, -0.2) is 4.98 Å². The molecule has 0 bridgehead atoms. The van der Waals surface area contributed by atoms with Gasteiger partial charge in [0.15, 0.2) is 0 Å². The van der Waals surface area contributed by atoms with Gasteiger partial charge < -0.3 is 10.1 Å². The predicted molar refractivity (Wildman–Crippen MR) is 63.2 cm³/mol.